The third-order valence-corrected chi connectivity index (χ3v) is 2.70. The van der Waals surface area contributed by atoms with Crippen LogP contribution in [-0.2, 0) is 0 Å². The number of aliphatic hydroxyl groups excluding tert-OH is 1. The van der Waals surface area contributed by atoms with Crippen molar-refractivity contribution in [1.82, 2.24) is 9.88 Å². The summed E-state index contributed by atoms with van der Waals surface area (Å²) >= 11 is 5.62. The first-order chi connectivity index (χ1) is 7.20. The number of aliphatic hydroxyl groups is 1. The van der Waals surface area contributed by atoms with Crippen LogP contribution in [0.5, 0.6) is 0 Å². The highest BCUT2D eigenvalue weighted by Crippen LogP contribution is 2.18. The Balaban J connectivity index is 2.00. The van der Waals surface area contributed by atoms with E-state index >= 15 is 0 Å². The Morgan fingerprint density at radius 2 is 2.33 bits per heavy atom. The Morgan fingerprint density at radius 3 is 2.87 bits per heavy atom. The minimum Gasteiger partial charge on any atom is -0.396 e. The second-order valence-corrected chi connectivity index (χ2v) is 4.02. The van der Waals surface area contributed by atoms with Crippen LogP contribution in [-0.4, -0.2) is 40.6 Å². The molecular formula is C10H11ClN2O2. The number of hydrogen-bond donors (Lipinski definition) is 1. The van der Waals surface area contributed by atoms with Gasteiger partial charge < -0.3 is 10.0 Å². The molecule has 5 heteroatoms. The largest absolute Gasteiger partial charge is 0.396 e. The number of hydrogen-bond acceptors (Lipinski definition) is 3. The summed E-state index contributed by atoms with van der Waals surface area (Å²) in [5.74, 6) is 0.179. The number of nitrogens with zero attached hydrogens (tertiary/aromatic N) is 2. The van der Waals surface area contributed by atoms with Crippen LogP contribution in [0.3, 0.4) is 0 Å². The summed E-state index contributed by atoms with van der Waals surface area (Å²) in [7, 11) is 0. The van der Waals surface area contributed by atoms with Gasteiger partial charge in [-0.25, -0.2) is 4.98 Å². The van der Waals surface area contributed by atoms with Gasteiger partial charge in [-0.05, 0) is 12.1 Å². The first-order valence-corrected chi connectivity index (χ1v) is 5.10. The molecule has 0 spiro atoms. The van der Waals surface area contributed by atoms with Gasteiger partial charge in [0, 0.05) is 31.8 Å². The van der Waals surface area contributed by atoms with Gasteiger partial charge in [-0.3, -0.25) is 4.79 Å². The summed E-state index contributed by atoms with van der Waals surface area (Å²) in [4.78, 5) is 17.3. The maximum absolute atomic E-state index is 11.8. The number of carbonyl (C=O) groups excluding carboxylic acids is 1. The summed E-state index contributed by atoms with van der Waals surface area (Å²) in [6.45, 7) is 1.39. The van der Waals surface area contributed by atoms with Gasteiger partial charge >= 0.3 is 0 Å². The summed E-state index contributed by atoms with van der Waals surface area (Å²) in [5.41, 5.74) is 0.538. The van der Waals surface area contributed by atoms with Crippen molar-refractivity contribution in [2.45, 2.75) is 0 Å². The smallest absolute Gasteiger partial charge is 0.255 e. The van der Waals surface area contributed by atoms with E-state index in [0.717, 1.165) is 0 Å². The normalized spacial score (nSPS) is 16.3. The van der Waals surface area contributed by atoms with Gasteiger partial charge in [-0.1, -0.05) is 11.6 Å². The fraction of sp³-hybridized carbons (Fsp3) is 0.400. The van der Waals surface area contributed by atoms with Crippen LogP contribution in [0.4, 0.5) is 0 Å². The maximum Gasteiger partial charge on any atom is 0.255 e. The third kappa shape index (κ3) is 2.11. The molecule has 1 amide bonds. The lowest BCUT2D eigenvalue weighted by atomic mass is 10.0. The molecule has 1 saturated heterocycles. The zero-order valence-electron chi connectivity index (χ0n) is 8.06. The van der Waals surface area contributed by atoms with Crippen LogP contribution in [0.15, 0.2) is 18.3 Å². The molecule has 0 aromatic carbocycles. The Hall–Kier alpha value is -1.13. The lowest BCUT2D eigenvalue weighted by Crippen LogP contribution is -2.51. The fourth-order valence-electron chi connectivity index (χ4n) is 1.54. The molecule has 1 aliphatic heterocycles. The predicted octanol–water partition coefficient (Wildman–Crippen LogP) is 0.799. The topological polar surface area (TPSA) is 53.4 Å². The van der Waals surface area contributed by atoms with Gasteiger partial charge in [0.15, 0.2) is 0 Å². The van der Waals surface area contributed by atoms with Gasteiger partial charge in [-0.2, -0.15) is 0 Å². The molecule has 0 aliphatic carbocycles. The fourth-order valence-corrected chi connectivity index (χ4v) is 1.65. The van der Waals surface area contributed by atoms with Crippen LogP contribution in [0.25, 0.3) is 0 Å². The molecule has 1 aromatic heterocycles. The number of carbonyl (C=O) groups is 1. The molecule has 1 fully saturated rings. The second-order valence-electron chi connectivity index (χ2n) is 3.63. The van der Waals surface area contributed by atoms with Gasteiger partial charge in [0.25, 0.3) is 5.91 Å². The monoisotopic (exact) mass is 226 g/mol. The van der Waals surface area contributed by atoms with Crippen molar-refractivity contribution in [2.24, 2.45) is 5.92 Å². The highest BCUT2D eigenvalue weighted by molar-refractivity contribution is 6.29. The average molecular weight is 227 g/mol. The van der Waals surface area contributed by atoms with E-state index in [9.17, 15) is 4.79 Å². The van der Waals surface area contributed by atoms with Crippen molar-refractivity contribution in [3.05, 3.63) is 29.0 Å². The Labute approximate surface area is 92.5 Å². The van der Waals surface area contributed by atoms with Crippen molar-refractivity contribution in [3.8, 4) is 0 Å². The molecule has 0 saturated carbocycles. The molecule has 15 heavy (non-hydrogen) atoms. The number of pyridine rings is 1. The molecule has 1 aromatic rings. The first kappa shape index (κ1) is 10.4. The maximum atomic E-state index is 11.8. The minimum absolute atomic E-state index is 0.0520. The van der Waals surface area contributed by atoms with E-state index < -0.39 is 0 Å². The molecule has 0 bridgehead atoms. The van der Waals surface area contributed by atoms with Crippen molar-refractivity contribution >= 4 is 17.5 Å². The van der Waals surface area contributed by atoms with Gasteiger partial charge in [0.2, 0.25) is 0 Å². The van der Waals surface area contributed by atoms with E-state index in [1.54, 1.807) is 17.0 Å². The van der Waals surface area contributed by atoms with Gasteiger partial charge in [0.05, 0.1) is 5.56 Å². The Bertz CT molecular complexity index is 360. The van der Waals surface area contributed by atoms with Crippen LogP contribution < -0.4 is 0 Å². The summed E-state index contributed by atoms with van der Waals surface area (Å²) < 4.78 is 0. The second kappa shape index (κ2) is 4.16. The van der Waals surface area contributed by atoms with Crippen LogP contribution >= 0.6 is 11.6 Å². The van der Waals surface area contributed by atoms with Gasteiger partial charge in [0.1, 0.15) is 5.15 Å². The quantitative estimate of drug-likeness (QED) is 0.759. The van der Waals surface area contributed by atoms with E-state index in [0.29, 0.717) is 23.8 Å². The molecule has 4 nitrogen and oxygen atoms in total. The minimum atomic E-state index is -0.0520. The van der Waals surface area contributed by atoms with Crippen LogP contribution in [0.1, 0.15) is 10.4 Å². The summed E-state index contributed by atoms with van der Waals surface area (Å²) in [6, 6.07) is 3.25. The SMILES string of the molecule is O=C(c1ccc(Cl)nc1)N1CC(CO)C1. The van der Waals surface area contributed by atoms with E-state index in [1.165, 1.54) is 6.20 Å². The zero-order chi connectivity index (χ0) is 10.8. The number of rotatable bonds is 2. The summed E-state index contributed by atoms with van der Waals surface area (Å²) in [5, 5.41) is 9.20. The summed E-state index contributed by atoms with van der Waals surface area (Å²) in [6.07, 6.45) is 1.47. The van der Waals surface area contributed by atoms with Crippen molar-refractivity contribution in [3.63, 3.8) is 0 Å². The number of aromatic nitrogens is 1. The molecule has 2 heterocycles. The number of halogens is 1. The molecule has 1 aliphatic rings. The Kier molecular flexibility index (Phi) is 2.88. The molecule has 1 N–H and O–H groups in total. The molecule has 2 rings (SSSR count). The standard InChI is InChI=1S/C10H11ClN2O2/c11-9-2-1-8(3-12-9)10(15)13-4-7(5-13)6-14/h1-3,7,14H,4-6H2. The van der Waals surface area contributed by atoms with E-state index in [2.05, 4.69) is 4.98 Å². The lowest BCUT2D eigenvalue weighted by molar-refractivity contribution is 0.0361. The molecule has 0 radical (unpaired) electrons. The van der Waals surface area contributed by atoms with E-state index in [4.69, 9.17) is 16.7 Å². The highest BCUT2D eigenvalue weighted by atomic mass is 35.5. The Morgan fingerprint density at radius 1 is 1.60 bits per heavy atom. The molecule has 0 atom stereocenters. The average Bonchev–Trinajstić information content (AvgIpc) is 2.17. The van der Waals surface area contributed by atoms with Gasteiger partial charge in [-0.15, -0.1) is 0 Å². The zero-order valence-corrected chi connectivity index (χ0v) is 8.81. The van der Waals surface area contributed by atoms with Crippen molar-refractivity contribution in [1.29, 1.82) is 0 Å². The number of likely N-dealkylation sites (tertiary alicyclic amines) is 1. The molecule has 0 unspecified atom stereocenters. The third-order valence-electron chi connectivity index (χ3n) is 2.48. The number of amides is 1. The van der Waals surface area contributed by atoms with Crippen molar-refractivity contribution < 1.29 is 9.90 Å². The van der Waals surface area contributed by atoms with E-state index in [1.807, 2.05) is 0 Å². The molecule has 80 valence electrons. The predicted molar refractivity (Wildman–Crippen MR) is 55.7 cm³/mol. The van der Waals surface area contributed by atoms with Crippen molar-refractivity contribution in [2.75, 3.05) is 19.7 Å². The van der Waals surface area contributed by atoms with Crippen LogP contribution in [0.2, 0.25) is 5.15 Å². The molecular weight excluding hydrogens is 216 g/mol. The first-order valence-electron chi connectivity index (χ1n) is 4.72. The van der Waals surface area contributed by atoms with E-state index in [-0.39, 0.29) is 18.4 Å². The lowest BCUT2D eigenvalue weighted by Gasteiger charge is -2.38. The highest BCUT2D eigenvalue weighted by Gasteiger charge is 2.30. The van der Waals surface area contributed by atoms with Crippen LogP contribution in [0, 0.1) is 5.92 Å².